The van der Waals surface area contributed by atoms with E-state index in [4.69, 9.17) is 4.74 Å². The molecule has 0 saturated carbocycles. The number of hydrogen-bond donors (Lipinski definition) is 1. The normalized spacial score (nSPS) is 18.7. The van der Waals surface area contributed by atoms with E-state index in [1.165, 1.54) is 37.8 Å². The van der Waals surface area contributed by atoms with Gasteiger partial charge in [0.25, 0.3) is 0 Å². The molecule has 0 aromatic carbocycles. The lowest BCUT2D eigenvalue weighted by atomic mass is 10.0. The first-order valence-corrected chi connectivity index (χ1v) is 7.43. The lowest BCUT2D eigenvalue weighted by molar-refractivity contribution is 0.179. The van der Waals surface area contributed by atoms with Crippen molar-refractivity contribution in [1.82, 2.24) is 10.2 Å². The molecule has 0 fully saturated rings. The van der Waals surface area contributed by atoms with Crippen molar-refractivity contribution in [1.29, 1.82) is 0 Å². The highest BCUT2D eigenvalue weighted by Crippen LogP contribution is 2.15. The molecule has 0 spiro atoms. The van der Waals surface area contributed by atoms with Gasteiger partial charge in [-0.25, -0.2) is 0 Å². The molecule has 1 aliphatic rings. The number of hydrogen-bond acceptors (Lipinski definition) is 3. The van der Waals surface area contributed by atoms with Gasteiger partial charge in [-0.2, -0.15) is 0 Å². The maximum absolute atomic E-state index is 5.20. The molecule has 1 atom stereocenters. The molecule has 0 amide bonds. The van der Waals surface area contributed by atoms with Gasteiger partial charge in [0, 0.05) is 32.8 Å². The first kappa shape index (κ1) is 15.7. The van der Waals surface area contributed by atoms with Crippen LogP contribution in [0.15, 0.2) is 11.6 Å². The van der Waals surface area contributed by atoms with Crippen LogP contribution in [0.25, 0.3) is 0 Å². The third-order valence-electron chi connectivity index (χ3n) is 3.61. The lowest BCUT2D eigenvalue weighted by Gasteiger charge is -2.34. The number of rotatable bonds is 9. The van der Waals surface area contributed by atoms with Gasteiger partial charge in [-0.1, -0.05) is 26.3 Å². The smallest absolute Gasteiger partial charge is 0.0673 e. The van der Waals surface area contributed by atoms with Crippen LogP contribution >= 0.6 is 0 Å². The van der Waals surface area contributed by atoms with E-state index in [0.29, 0.717) is 6.04 Å². The summed E-state index contributed by atoms with van der Waals surface area (Å²) >= 11 is 0. The van der Waals surface area contributed by atoms with Gasteiger partial charge in [-0.15, -0.1) is 0 Å². The number of ether oxygens (including phenoxy) is 1. The molecule has 1 rings (SSSR count). The Hall–Kier alpha value is -0.380. The van der Waals surface area contributed by atoms with Crippen LogP contribution in [0.2, 0.25) is 0 Å². The Bertz CT molecular complexity index is 241. The van der Waals surface area contributed by atoms with Crippen LogP contribution in [0.3, 0.4) is 0 Å². The maximum atomic E-state index is 5.20. The summed E-state index contributed by atoms with van der Waals surface area (Å²) in [6.07, 6.45) is 7.31. The van der Waals surface area contributed by atoms with Gasteiger partial charge in [0.15, 0.2) is 0 Å². The summed E-state index contributed by atoms with van der Waals surface area (Å²) in [6, 6.07) is 0.696. The molecule has 1 N–H and O–H groups in total. The Kier molecular flexibility index (Phi) is 8.31. The van der Waals surface area contributed by atoms with Gasteiger partial charge in [0.2, 0.25) is 0 Å². The summed E-state index contributed by atoms with van der Waals surface area (Å²) in [5.41, 5.74) is 1.46. The van der Waals surface area contributed by atoms with E-state index in [-0.39, 0.29) is 0 Å². The minimum atomic E-state index is 0.696. The van der Waals surface area contributed by atoms with Crippen LogP contribution in [-0.2, 0) is 4.74 Å². The Balaban J connectivity index is 2.39. The fourth-order valence-corrected chi connectivity index (χ4v) is 2.57. The van der Waals surface area contributed by atoms with E-state index in [0.717, 1.165) is 26.2 Å². The van der Waals surface area contributed by atoms with Crippen LogP contribution < -0.4 is 5.32 Å². The van der Waals surface area contributed by atoms with E-state index in [1.807, 2.05) is 0 Å². The largest absolute Gasteiger partial charge is 0.380 e. The van der Waals surface area contributed by atoms with Crippen molar-refractivity contribution < 1.29 is 4.74 Å². The molecule has 0 aliphatic carbocycles. The Morgan fingerprint density at radius 1 is 1.39 bits per heavy atom. The van der Waals surface area contributed by atoms with Crippen molar-refractivity contribution in [3.05, 3.63) is 11.6 Å². The first-order chi connectivity index (χ1) is 8.81. The van der Waals surface area contributed by atoms with Crippen LogP contribution in [0.1, 0.15) is 39.5 Å². The average molecular weight is 254 g/mol. The molecule has 0 aromatic rings. The Labute approximate surface area is 113 Å². The van der Waals surface area contributed by atoms with Crippen LogP contribution in [0.5, 0.6) is 0 Å². The highest BCUT2D eigenvalue weighted by molar-refractivity contribution is 5.08. The van der Waals surface area contributed by atoms with Gasteiger partial charge in [0.1, 0.15) is 0 Å². The molecule has 1 heterocycles. The molecule has 3 nitrogen and oxygen atoms in total. The van der Waals surface area contributed by atoms with Crippen LogP contribution in [0, 0.1) is 0 Å². The molecular formula is C15H30N2O. The van der Waals surface area contributed by atoms with Crippen molar-refractivity contribution >= 4 is 0 Å². The second-order valence-corrected chi connectivity index (χ2v) is 5.19. The van der Waals surface area contributed by atoms with Crippen molar-refractivity contribution in [2.45, 2.75) is 45.6 Å². The highest BCUT2D eigenvalue weighted by atomic mass is 16.5. The van der Waals surface area contributed by atoms with Gasteiger partial charge in [0.05, 0.1) is 6.61 Å². The Morgan fingerprint density at radius 3 is 2.78 bits per heavy atom. The zero-order chi connectivity index (χ0) is 13.2. The van der Waals surface area contributed by atoms with Gasteiger partial charge >= 0.3 is 0 Å². The second kappa shape index (κ2) is 9.54. The van der Waals surface area contributed by atoms with E-state index >= 15 is 0 Å². The Morgan fingerprint density at radius 2 is 2.22 bits per heavy atom. The molecule has 1 aliphatic heterocycles. The molecule has 3 heteroatoms. The van der Waals surface area contributed by atoms with Crippen molar-refractivity contribution in [3.63, 3.8) is 0 Å². The van der Waals surface area contributed by atoms with Crippen molar-refractivity contribution in [2.24, 2.45) is 0 Å². The van der Waals surface area contributed by atoms with Gasteiger partial charge < -0.3 is 10.1 Å². The highest BCUT2D eigenvalue weighted by Gasteiger charge is 2.19. The summed E-state index contributed by atoms with van der Waals surface area (Å²) in [7, 11) is 1.78. The number of methoxy groups -OCH3 is 1. The molecule has 0 saturated heterocycles. The predicted molar refractivity (Wildman–Crippen MR) is 78.0 cm³/mol. The second-order valence-electron chi connectivity index (χ2n) is 5.19. The molecular weight excluding hydrogens is 224 g/mol. The SMILES string of the molecule is CCCNCC(CCC)N1CC=C(COC)CC1. The molecule has 18 heavy (non-hydrogen) atoms. The zero-order valence-corrected chi connectivity index (χ0v) is 12.4. The number of nitrogens with one attached hydrogen (secondary N) is 1. The van der Waals surface area contributed by atoms with E-state index in [2.05, 4.69) is 30.1 Å². The topological polar surface area (TPSA) is 24.5 Å². The van der Waals surface area contributed by atoms with Gasteiger partial charge in [-0.3, -0.25) is 4.90 Å². The van der Waals surface area contributed by atoms with E-state index in [9.17, 15) is 0 Å². The lowest BCUT2D eigenvalue weighted by Crippen LogP contribution is -2.44. The van der Waals surface area contributed by atoms with Crippen molar-refractivity contribution in [3.8, 4) is 0 Å². The fraction of sp³-hybridized carbons (Fsp3) is 0.867. The minimum absolute atomic E-state index is 0.696. The van der Waals surface area contributed by atoms with Crippen LogP contribution in [0.4, 0.5) is 0 Å². The average Bonchev–Trinajstić information content (AvgIpc) is 2.39. The zero-order valence-electron chi connectivity index (χ0n) is 12.4. The predicted octanol–water partition coefficient (Wildman–Crippen LogP) is 2.43. The summed E-state index contributed by atoms with van der Waals surface area (Å²) in [5, 5.41) is 3.57. The summed E-state index contributed by atoms with van der Waals surface area (Å²) in [5.74, 6) is 0. The molecule has 0 bridgehead atoms. The molecule has 1 unspecified atom stereocenters. The maximum Gasteiger partial charge on any atom is 0.0673 e. The van der Waals surface area contributed by atoms with E-state index in [1.54, 1.807) is 7.11 Å². The van der Waals surface area contributed by atoms with Gasteiger partial charge in [-0.05, 0) is 31.4 Å². The summed E-state index contributed by atoms with van der Waals surface area (Å²) < 4.78 is 5.20. The monoisotopic (exact) mass is 254 g/mol. The van der Waals surface area contributed by atoms with Crippen molar-refractivity contribution in [2.75, 3.05) is 39.9 Å². The first-order valence-electron chi connectivity index (χ1n) is 7.43. The third-order valence-corrected chi connectivity index (χ3v) is 3.61. The fourth-order valence-electron chi connectivity index (χ4n) is 2.57. The molecule has 106 valence electrons. The molecule has 0 radical (unpaired) electrons. The summed E-state index contributed by atoms with van der Waals surface area (Å²) in [4.78, 5) is 2.62. The minimum Gasteiger partial charge on any atom is -0.380 e. The third kappa shape index (κ3) is 5.51. The van der Waals surface area contributed by atoms with E-state index < -0.39 is 0 Å². The standard InChI is InChI=1S/C15H30N2O/c1-4-6-15(12-16-9-5-2)17-10-7-14(8-11-17)13-18-3/h7,15-16H,4-6,8-13H2,1-3H3. The summed E-state index contributed by atoms with van der Waals surface area (Å²) in [6.45, 7) is 9.87. The number of nitrogens with zero attached hydrogens (tertiary/aromatic N) is 1. The quantitative estimate of drug-likeness (QED) is 0.505. The molecule has 0 aromatic heterocycles. The van der Waals surface area contributed by atoms with Crippen LogP contribution in [-0.4, -0.2) is 50.8 Å².